The molecule has 0 saturated heterocycles. The summed E-state index contributed by atoms with van der Waals surface area (Å²) in [7, 11) is -11.8. The minimum atomic E-state index is -3.92. The topological polar surface area (TPSA) is 222 Å². The highest BCUT2D eigenvalue weighted by molar-refractivity contribution is 7.85. The molecule has 0 aromatic heterocycles. The van der Waals surface area contributed by atoms with Gasteiger partial charge in [0.25, 0.3) is 0 Å². The summed E-state index contributed by atoms with van der Waals surface area (Å²) in [5.74, 6) is 0. The van der Waals surface area contributed by atoms with Crippen LogP contribution in [0.15, 0.2) is 30.3 Å². The van der Waals surface area contributed by atoms with Crippen LogP contribution in [0.5, 0.6) is 0 Å². The Morgan fingerprint density at radius 2 is 1.04 bits per heavy atom. The van der Waals surface area contributed by atoms with E-state index >= 15 is 0 Å². The molecule has 0 aliphatic carbocycles. The number of aliphatic hydroxyl groups excluding tert-OH is 1. The third kappa shape index (κ3) is 93.3. The lowest BCUT2D eigenvalue weighted by molar-refractivity contribution is 0.284. The minimum Gasteiger partial charge on any atom is -0.748 e. The molecule has 0 aliphatic heterocycles. The molecule has 0 fully saturated rings. The van der Waals surface area contributed by atoms with Crippen molar-refractivity contribution in [2.75, 3.05) is 25.4 Å². The molecule has 0 atom stereocenters. The van der Waals surface area contributed by atoms with Crippen LogP contribution in [-0.4, -0.2) is 69.4 Å². The van der Waals surface area contributed by atoms with E-state index in [1.165, 1.54) is 5.56 Å². The molecule has 27 heavy (non-hydrogen) atoms. The van der Waals surface area contributed by atoms with E-state index in [-0.39, 0.29) is 6.15 Å². The van der Waals surface area contributed by atoms with Gasteiger partial charge in [-0.1, -0.05) is 30.3 Å². The van der Waals surface area contributed by atoms with Gasteiger partial charge in [0.2, 0.25) is 0 Å². The number of aryl methyl sites for hydroxylation is 1. The van der Waals surface area contributed by atoms with Crippen molar-refractivity contribution in [3.63, 3.8) is 0 Å². The number of hydrogen-bond acceptors (Lipinski definition) is 10. The second kappa shape index (κ2) is 16.8. The number of aliphatic hydroxyl groups is 1. The molecule has 0 unspecified atom stereocenters. The molecule has 0 aliphatic rings. The van der Waals surface area contributed by atoms with Crippen molar-refractivity contribution in [2.45, 2.75) is 19.3 Å². The first kappa shape index (κ1) is 33.2. The highest BCUT2D eigenvalue weighted by atomic mass is 32.2. The largest absolute Gasteiger partial charge is 3.00 e. The lowest BCUT2D eigenvalue weighted by Crippen LogP contribution is -1.88. The Morgan fingerprint density at radius 1 is 0.741 bits per heavy atom. The molecule has 0 bridgehead atoms. The van der Waals surface area contributed by atoms with Crippen molar-refractivity contribution in [1.29, 1.82) is 0 Å². The molecule has 0 heterocycles. The Labute approximate surface area is 161 Å². The maximum atomic E-state index is 9.08. The lowest BCUT2D eigenvalue weighted by Gasteiger charge is -1.97. The molecule has 1 rings (SSSR count). The van der Waals surface area contributed by atoms with Crippen LogP contribution in [-0.2, 0) is 36.8 Å². The molecule has 1 aromatic carbocycles. The number of unbranched alkanes of at least 4 members (excludes halogenated alkanes) is 1. The lowest BCUT2D eigenvalue weighted by atomic mass is 10.1. The summed E-state index contributed by atoms with van der Waals surface area (Å²) in [6.07, 6.45) is 4.89. The van der Waals surface area contributed by atoms with Crippen LogP contribution >= 0.6 is 0 Å². The van der Waals surface area contributed by atoms with Gasteiger partial charge in [-0.05, 0) is 24.8 Å². The molecular weight excluding hydrogens is 426 g/mol. The Bertz CT molecular complexity index is 664. The highest BCUT2D eigenvalue weighted by Gasteiger charge is 3.00. The second-order valence-corrected chi connectivity index (χ2v) is 9.00. The zero-order valence-corrected chi connectivity index (χ0v) is 17.5. The monoisotopic (exact) mass is 449 g/mol. The first-order valence-electron chi connectivity index (χ1n) is 6.81. The first-order valence-corrected chi connectivity index (χ1v) is 12.3. The molecule has 14 heteroatoms. The van der Waals surface area contributed by atoms with Crippen molar-refractivity contribution >= 4 is 30.4 Å². The van der Waals surface area contributed by atoms with Gasteiger partial charge < -0.3 is 18.8 Å². The van der Waals surface area contributed by atoms with Gasteiger partial charge in [0.1, 0.15) is 0 Å². The zero-order valence-electron chi connectivity index (χ0n) is 15.0. The number of rotatable bonds is 4. The third-order valence-electron chi connectivity index (χ3n) is 1.72. The van der Waals surface area contributed by atoms with Crippen molar-refractivity contribution in [3.8, 4) is 0 Å². The predicted molar refractivity (Wildman–Crippen MR) is 95.5 cm³/mol. The van der Waals surface area contributed by atoms with E-state index in [0.717, 1.165) is 19.3 Å². The smallest absolute Gasteiger partial charge is 0.748 e. The Morgan fingerprint density at radius 3 is 1.30 bits per heavy atom. The van der Waals surface area contributed by atoms with Crippen molar-refractivity contribution in [2.24, 2.45) is 0 Å². The average Bonchev–Trinajstić information content (AvgIpc) is 2.34. The molecule has 1 aromatic rings. The summed E-state index contributed by atoms with van der Waals surface area (Å²) in [5, 5.41) is 8.54. The maximum Gasteiger partial charge on any atom is 3.00 e. The van der Waals surface area contributed by atoms with E-state index in [0.29, 0.717) is 25.4 Å². The summed E-state index contributed by atoms with van der Waals surface area (Å²) >= 11 is 0. The number of hydrogen-bond donors (Lipinski definition) is 1. The molecular formula is C13H23NO10S3. The fraction of sp³-hybridized carbons (Fsp3) is 0.538. The van der Waals surface area contributed by atoms with Crippen molar-refractivity contribution in [3.05, 3.63) is 35.9 Å². The van der Waals surface area contributed by atoms with E-state index in [2.05, 4.69) is 12.1 Å². The summed E-state index contributed by atoms with van der Waals surface area (Å²) < 4.78 is 81.7. The van der Waals surface area contributed by atoms with Crippen LogP contribution in [0.25, 0.3) is 0 Å². The zero-order chi connectivity index (χ0) is 21.4. The Hall–Kier alpha value is -1.38. The fourth-order valence-corrected chi connectivity index (χ4v) is 1.09. The van der Waals surface area contributed by atoms with Crippen LogP contribution in [0.3, 0.4) is 0 Å². The number of benzene rings is 1. The molecule has 0 saturated carbocycles. The third-order valence-corrected chi connectivity index (χ3v) is 1.72. The van der Waals surface area contributed by atoms with Gasteiger partial charge in [-0.2, -0.15) is 0 Å². The van der Waals surface area contributed by atoms with E-state index in [1.54, 1.807) is 0 Å². The molecule has 0 amide bonds. The standard InChI is InChI=1S/C10H14O.3CH4O3S.N/c11-9-5-4-8-10-6-2-1-3-7-10;3*1-5(2,3)4;/h1-3,6-7,11H,4-5,8-9H2;3*1H3,(H,2,3,4);/q;;;;+3/p-3. The summed E-state index contributed by atoms with van der Waals surface area (Å²) in [6, 6.07) is 10.4. The van der Waals surface area contributed by atoms with Crippen LogP contribution in [0.2, 0.25) is 0 Å². The summed E-state index contributed by atoms with van der Waals surface area (Å²) in [4.78, 5) is 0. The minimum absolute atomic E-state index is 0. The molecule has 1 N–H and O–H groups in total. The van der Waals surface area contributed by atoms with Gasteiger partial charge in [-0.3, -0.25) is 0 Å². The van der Waals surface area contributed by atoms with Gasteiger partial charge in [0, 0.05) is 25.4 Å². The molecule has 2 radical (unpaired) electrons. The number of nitrogens with zero attached hydrogens (tertiary/aromatic N) is 1. The quantitative estimate of drug-likeness (QED) is 0.436. The Kier molecular flexibility index (Phi) is 20.6. The molecule has 158 valence electrons. The van der Waals surface area contributed by atoms with E-state index in [4.69, 9.17) is 44.0 Å². The molecule has 0 spiro atoms. The van der Waals surface area contributed by atoms with E-state index in [1.807, 2.05) is 18.2 Å². The molecule has 11 nitrogen and oxygen atoms in total. The predicted octanol–water partition coefficient (Wildman–Crippen LogP) is -0.995. The summed E-state index contributed by atoms with van der Waals surface area (Å²) in [6.45, 7) is 0.312. The van der Waals surface area contributed by atoms with Crippen LogP contribution in [0.4, 0.5) is 0 Å². The first-order chi connectivity index (χ1) is 11.4. The average molecular weight is 450 g/mol. The van der Waals surface area contributed by atoms with Crippen LogP contribution in [0.1, 0.15) is 18.4 Å². The van der Waals surface area contributed by atoms with Gasteiger partial charge in [0.15, 0.2) is 0 Å². The highest BCUT2D eigenvalue weighted by Crippen LogP contribution is 2.03. The van der Waals surface area contributed by atoms with E-state index < -0.39 is 30.4 Å². The van der Waals surface area contributed by atoms with Crippen molar-refractivity contribution in [1.82, 2.24) is 6.15 Å². The van der Waals surface area contributed by atoms with Gasteiger partial charge in [0.05, 0.1) is 30.4 Å². The van der Waals surface area contributed by atoms with Crippen LogP contribution in [0, 0.1) is 0 Å². The van der Waals surface area contributed by atoms with Crippen LogP contribution < -0.4 is 6.15 Å². The fourth-order valence-electron chi connectivity index (χ4n) is 1.09. The normalized spacial score (nSPS) is 10.5. The van der Waals surface area contributed by atoms with Gasteiger partial charge >= 0.3 is 6.15 Å². The van der Waals surface area contributed by atoms with E-state index in [9.17, 15) is 0 Å². The van der Waals surface area contributed by atoms with Gasteiger partial charge in [-0.25, -0.2) is 25.3 Å². The summed E-state index contributed by atoms with van der Waals surface area (Å²) in [5.41, 5.74) is 1.36. The SMILES string of the molecule is CS(=O)(=O)[O-].CS(=O)(=O)[O-].CS(=O)(=O)[O-].OCCCCc1ccccc1.[N+3]. The van der Waals surface area contributed by atoms with Crippen molar-refractivity contribution < 1.29 is 44.0 Å². The maximum absolute atomic E-state index is 9.08. The second-order valence-electron chi connectivity index (χ2n) is 4.78. The Balaban J connectivity index is -0.000000142. The van der Waals surface area contributed by atoms with Gasteiger partial charge in [-0.15, -0.1) is 0 Å².